The van der Waals surface area contributed by atoms with Crippen LogP contribution in [-0.4, -0.2) is 27.3 Å². The Hall–Kier alpha value is -1.01. The zero-order valence-corrected chi connectivity index (χ0v) is 7.30. The molecule has 1 aromatic rings. The van der Waals surface area contributed by atoms with Crippen LogP contribution in [0.3, 0.4) is 0 Å². The summed E-state index contributed by atoms with van der Waals surface area (Å²) >= 11 is 1.05. The molecule has 0 saturated heterocycles. The SMILES string of the molecule is CCOCc1snnc1C(=O)O. The monoisotopic (exact) mass is 188 g/mol. The van der Waals surface area contributed by atoms with Crippen molar-refractivity contribution in [2.45, 2.75) is 13.5 Å². The van der Waals surface area contributed by atoms with E-state index < -0.39 is 5.97 Å². The van der Waals surface area contributed by atoms with Crippen LogP contribution in [0, 0.1) is 0 Å². The quantitative estimate of drug-likeness (QED) is 0.755. The maximum absolute atomic E-state index is 10.5. The van der Waals surface area contributed by atoms with E-state index in [0.29, 0.717) is 11.5 Å². The Kier molecular flexibility index (Phi) is 3.12. The van der Waals surface area contributed by atoms with Gasteiger partial charge in [-0.1, -0.05) is 4.49 Å². The van der Waals surface area contributed by atoms with Crippen molar-refractivity contribution in [1.29, 1.82) is 0 Å². The highest BCUT2D eigenvalue weighted by atomic mass is 32.1. The third-order valence-corrected chi connectivity index (χ3v) is 1.89. The summed E-state index contributed by atoms with van der Waals surface area (Å²) < 4.78 is 8.56. The molecule has 5 nitrogen and oxygen atoms in total. The normalized spacial score (nSPS) is 10.1. The van der Waals surface area contributed by atoms with Crippen molar-refractivity contribution < 1.29 is 14.6 Å². The number of carboxylic acid groups (broad SMARTS) is 1. The highest BCUT2D eigenvalue weighted by Gasteiger charge is 2.14. The molecule has 0 fully saturated rings. The molecule has 0 aliphatic rings. The Bertz CT molecular complexity index is 274. The van der Waals surface area contributed by atoms with Gasteiger partial charge in [-0.05, 0) is 18.5 Å². The highest BCUT2D eigenvalue weighted by Crippen LogP contribution is 2.11. The molecular weight excluding hydrogens is 180 g/mol. The largest absolute Gasteiger partial charge is 0.476 e. The number of nitrogens with zero attached hydrogens (tertiary/aromatic N) is 2. The minimum Gasteiger partial charge on any atom is -0.476 e. The predicted molar refractivity (Wildman–Crippen MR) is 42.2 cm³/mol. The van der Waals surface area contributed by atoms with E-state index in [1.165, 1.54) is 0 Å². The molecule has 0 amide bonds. The number of aromatic carboxylic acids is 1. The lowest BCUT2D eigenvalue weighted by molar-refractivity contribution is 0.0683. The van der Waals surface area contributed by atoms with Crippen LogP contribution in [-0.2, 0) is 11.3 Å². The predicted octanol–water partition coefficient (Wildman–Crippen LogP) is 0.773. The first-order chi connectivity index (χ1) is 5.75. The summed E-state index contributed by atoms with van der Waals surface area (Å²) in [6.45, 7) is 2.67. The molecule has 0 aliphatic carbocycles. The Balaban J connectivity index is 2.70. The fraction of sp³-hybridized carbons (Fsp3) is 0.500. The van der Waals surface area contributed by atoms with Crippen molar-refractivity contribution in [1.82, 2.24) is 9.59 Å². The summed E-state index contributed by atoms with van der Waals surface area (Å²) in [7, 11) is 0. The molecule has 0 aromatic carbocycles. The van der Waals surface area contributed by atoms with E-state index in [4.69, 9.17) is 9.84 Å². The van der Waals surface area contributed by atoms with Crippen LogP contribution in [0.1, 0.15) is 22.3 Å². The summed E-state index contributed by atoms with van der Waals surface area (Å²) in [6, 6.07) is 0. The lowest BCUT2D eigenvalue weighted by Gasteiger charge is -1.96. The number of carboxylic acids is 1. The van der Waals surface area contributed by atoms with Gasteiger partial charge in [0.1, 0.15) is 0 Å². The molecule has 1 rings (SSSR count). The van der Waals surface area contributed by atoms with Crippen molar-refractivity contribution in [3.8, 4) is 0 Å². The second kappa shape index (κ2) is 4.13. The molecule has 1 N–H and O–H groups in total. The Morgan fingerprint density at radius 1 is 1.75 bits per heavy atom. The number of ether oxygens (including phenoxy) is 1. The summed E-state index contributed by atoms with van der Waals surface area (Å²) in [5, 5.41) is 12.1. The molecule has 0 saturated carbocycles. The number of rotatable bonds is 4. The average Bonchev–Trinajstić information content (AvgIpc) is 2.48. The topological polar surface area (TPSA) is 72.3 Å². The van der Waals surface area contributed by atoms with E-state index in [2.05, 4.69) is 9.59 Å². The third kappa shape index (κ3) is 1.99. The first-order valence-electron chi connectivity index (χ1n) is 3.38. The van der Waals surface area contributed by atoms with Crippen molar-refractivity contribution in [2.24, 2.45) is 0 Å². The molecule has 1 aromatic heterocycles. The molecule has 0 bridgehead atoms. The lowest BCUT2D eigenvalue weighted by Crippen LogP contribution is -2.02. The first kappa shape index (κ1) is 9.08. The van der Waals surface area contributed by atoms with E-state index in [-0.39, 0.29) is 12.3 Å². The standard InChI is InChI=1S/C6H8N2O3S/c1-2-11-3-4-5(6(9)10)7-8-12-4/h2-3H2,1H3,(H,9,10). The van der Waals surface area contributed by atoms with E-state index in [1.54, 1.807) is 0 Å². The molecule has 0 unspecified atom stereocenters. The van der Waals surface area contributed by atoms with Gasteiger partial charge in [-0.2, -0.15) is 0 Å². The van der Waals surface area contributed by atoms with Gasteiger partial charge in [-0.15, -0.1) is 5.10 Å². The number of hydrogen-bond donors (Lipinski definition) is 1. The van der Waals surface area contributed by atoms with Gasteiger partial charge in [0.2, 0.25) is 0 Å². The molecule has 0 aliphatic heterocycles. The summed E-state index contributed by atoms with van der Waals surface area (Å²) in [5.74, 6) is -1.06. The van der Waals surface area contributed by atoms with Crippen LogP contribution in [0.4, 0.5) is 0 Å². The second-order valence-electron chi connectivity index (χ2n) is 1.99. The second-order valence-corrected chi connectivity index (χ2v) is 2.83. The van der Waals surface area contributed by atoms with Gasteiger partial charge in [0.25, 0.3) is 0 Å². The molecule has 66 valence electrons. The summed E-state index contributed by atoms with van der Waals surface area (Å²) in [4.78, 5) is 11.1. The Labute approximate surface area is 73.1 Å². The minimum absolute atomic E-state index is 0.00606. The molecule has 0 radical (unpaired) electrons. The molecule has 6 heteroatoms. The molecule has 0 atom stereocenters. The zero-order valence-electron chi connectivity index (χ0n) is 6.48. The average molecular weight is 188 g/mol. The van der Waals surface area contributed by atoms with Crippen molar-refractivity contribution >= 4 is 17.5 Å². The van der Waals surface area contributed by atoms with Gasteiger partial charge in [0.05, 0.1) is 11.5 Å². The van der Waals surface area contributed by atoms with Gasteiger partial charge < -0.3 is 9.84 Å². The Morgan fingerprint density at radius 3 is 3.08 bits per heavy atom. The fourth-order valence-electron chi connectivity index (χ4n) is 0.661. The first-order valence-corrected chi connectivity index (χ1v) is 4.15. The minimum atomic E-state index is -1.06. The zero-order chi connectivity index (χ0) is 8.97. The number of carbonyl (C=O) groups is 1. The van der Waals surface area contributed by atoms with Gasteiger partial charge in [0.15, 0.2) is 5.69 Å². The van der Waals surface area contributed by atoms with Gasteiger partial charge in [0, 0.05) is 6.61 Å². The van der Waals surface area contributed by atoms with Crippen molar-refractivity contribution in [3.63, 3.8) is 0 Å². The highest BCUT2D eigenvalue weighted by molar-refractivity contribution is 7.05. The number of aromatic nitrogens is 2. The number of hydrogen-bond acceptors (Lipinski definition) is 5. The van der Waals surface area contributed by atoms with Crippen LogP contribution >= 0.6 is 11.5 Å². The van der Waals surface area contributed by atoms with Crippen molar-refractivity contribution in [2.75, 3.05) is 6.61 Å². The Morgan fingerprint density at radius 2 is 2.50 bits per heavy atom. The lowest BCUT2D eigenvalue weighted by atomic mass is 10.4. The molecule has 0 spiro atoms. The van der Waals surface area contributed by atoms with E-state index in [1.807, 2.05) is 6.92 Å². The fourth-order valence-corrected chi connectivity index (χ4v) is 1.23. The van der Waals surface area contributed by atoms with Crippen LogP contribution in [0.25, 0.3) is 0 Å². The van der Waals surface area contributed by atoms with Gasteiger partial charge in [-0.3, -0.25) is 0 Å². The van der Waals surface area contributed by atoms with E-state index in [9.17, 15) is 4.79 Å². The van der Waals surface area contributed by atoms with Gasteiger partial charge in [-0.25, -0.2) is 4.79 Å². The molecule has 1 heterocycles. The molecular formula is C6H8N2O3S. The van der Waals surface area contributed by atoms with Crippen molar-refractivity contribution in [3.05, 3.63) is 10.6 Å². The van der Waals surface area contributed by atoms with Crippen LogP contribution in [0.5, 0.6) is 0 Å². The van der Waals surface area contributed by atoms with E-state index in [0.717, 1.165) is 11.5 Å². The van der Waals surface area contributed by atoms with Gasteiger partial charge >= 0.3 is 5.97 Å². The smallest absolute Gasteiger partial charge is 0.357 e. The maximum Gasteiger partial charge on any atom is 0.357 e. The van der Waals surface area contributed by atoms with Crippen LogP contribution < -0.4 is 0 Å². The molecule has 12 heavy (non-hydrogen) atoms. The van der Waals surface area contributed by atoms with Crippen LogP contribution in [0.15, 0.2) is 0 Å². The van der Waals surface area contributed by atoms with E-state index >= 15 is 0 Å². The van der Waals surface area contributed by atoms with Crippen LogP contribution in [0.2, 0.25) is 0 Å². The third-order valence-electron chi connectivity index (χ3n) is 1.20. The maximum atomic E-state index is 10.5. The summed E-state index contributed by atoms with van der Waals surface area (Å²) in [6.07, 6.45) is 0. The summed E-state index contributed by atoms with van der Waals surface area (Å²) in [5.41, 5.74) is -0.00606.